The molecule has 5 heteroatoms. The van der Waals surface area contributed by atoms with Gasteiger partial charge in [0.15, 0.2) is 0 Å². The van der Waals surface area contributed by atoms with E-state index in [-0.39, 0.29) is 0 Å². The van der Waals surface area contributed by atoms with Gasteiger partial charge in [-0.2, -0.15) is 5.10 Å². The van der Waals surface area contributed by atoms with Gasteiger partial charge in [-0.25, -0.2) is 4.68 Å². The molecule has 0 amide bonds. The first kappa shape index (κ1) is 17.2. The Morgan fingerprint density at radius 3 is 2.52 bits per heavy atom. The molecule has 0 aliphatic carbocycles. The van der Waals surface area contributed by atoms with Crippen molar-refractivity contribution >= 4 is 5.82 Å². The van der Waals surface area contributed by atoms with Crippen LogP contribution in [-0.4, -0.2) is 48.9 Å². The Morgan fingerprint density at radius 2 is 1.87 bits per heavy atom. The molecule has 2 aromatic rings. The standard InChI is InChI=1S/C18H27N5/c1-15-6-8-16(9-7-15)14-23-18(19-2)11-10-17(21-23)20-12-5-13-22(3)4/h6-11H,5,12-14H2,1-4H3,(H,20,21). The average molecular weight is 313 g/mol. The Kier molecular flexibility index (Phi) is 6.35. The molecule has 1 aromatic carbocycles. The zero-order chi connectivity index (χ0) is 16.7. The van der Waals surface area contributed by atoms with Crippen LogP contribution in [0.25, 0.3) is 0 Å². The lowest BCUT2D eigenvalue weighted by Crippen LogP contribution is -2.25. The Morgan fingerprint density at radius 1 is 1.13 bits per heavy atom. The van der Waals surface area contributed by atoms with E-state index in [2.05, 4.69) is 65.6 Å². The number of nitrogens with zero attached hydrogens (tertiary/aromatic N) is 4. The normalized spacial score (nSPS) is 12.0. The highest BCUT2D eigenvalue weighted by Crippen LogP contribution is 2.05. The lowest BCUT2D eigenvalue weighted by molar-refractivity contribution is 0.405. The maximum Gasteiger partial charge on any atom is 0.146 e. The van der Waals surface area contributed by atoms with Crippen molar-refractivity contribution in [3.05, 3.63) is 53.0 Å². The average Bonchev–Trinajstić information content (AvgIpc) is 2.54. The van der Waals surface area contributed by atoms with Gasteiger partial charge in [-0.1, -0.05) is 29.8 Å². The van der Waals surface area contributed by atoms with E-state index in [4.69, 9.17) is 0 Å². The second-order valence-electron chi connectivity index (χ2n) is 6.03. The third-order valence-corrected chi connectivity index (χ3v) is 3.65. The summed E-state index contributed by atoms with van der Waals surface area (Å²) in [7, 11) is 5.98. The Labute approximate surface area is 138 Å². The molecule has 23 heavy (non-hydrogen) atoms. The minimum Gasteiger partial charge on any atom is -0.369 e. The molecule has 0 atom stereocenters. The molecule has 0 spiro atoms. The highest BCUT2D eigenvalue weighted by molar-refractivity contribution is 5.31. The van der Waals surface area contributed by atoms with E-state index in [1.807, 2.05) is 16.8 Å². The van der Waals surface area contributed by atoms with Crippen LogP contribution in [0.15, 0.2) is 41.4 Å². The fourth-order valence-corrected chi connectivity index (χ4v) is 2.33. The van der Waals surface area contributed by atoms with Gasteiger partial charge in [-0.3, -0.25) is 4.99 Å². The summed E-state index contributed by atoms with van der Waals surface area (Å²) in [5.74, 6) is 0.892. The smallest absolute Gasteiger partial charge is 0.146 e. The van der Waals surface area contributed by atoms with Gasteiger partial charge in [0, 0.05) is 13.6 Å². The quantitative estimate of drug-likeness (QED) is 0.797. The first-order chi connectivity index (χ1) is 11.1. The summed E-state index contributed by atoms with van der Waals surface area (Å²) < 4.78 is 1.94. The summed E-state index contributed by atoms with van der Waals surface area (Å²) in [4.78, 5) is 6.50. The topological polar surface area (TPSA) is 45.5 Å². The molecule has 1 heterocycles. The Balaban J connectivity index is 2.08. The molecule has 1 N–H and O–H groups in total. The van der Waals surface area contributed by atoms with Crippen LogP contribution in [0.4, 0.5) is 5.82 Å². The first-order valence-electron chi connectivity index (χ1n) is 8.03. The largest absolute Gasteiger partial charge is 0.369 e. The van der Waals surface area contributed by atoms with Crippen molar-refractivity contribution in [2.75, 3.05) is 39.5 Å². The fourth-order valence-electron chi connectivity index (χ4n) is 2.33. The molecule has 0 radical (unpaired) electrons. The number of aryl methyl sites for hydroxylation is 1. The van der Waals surface area contributed by atoms with E-state index < -0.39 is 0 Å². The molecular weight excluding hydrogens is 286 g/mol. The van der Waals surface area contributed by atoms with E-state index in [1.165, 1.54) is 11.1 Å². The van der Waals surface area contributed by atoms with Crippen LogP contribution in [0.5, 0.6) is 0 Å². The molecule has 0 bridgehead atoms. The highest BCUT2D eigenvalue weighted by Gasteiger charge is 2.01. The molecule has 0 aliphatic heterocycles. The molecule has 0 unspecified atom stereocenters. The summed E-state index contributed by atoms with van der Waals surface area (Å²) >= 11 is 0. The van der Waals surface area contributed by atoms with Crippen LogP contribution in [0.2, 0.25) is 0 Å². The third kappa shape index (κ3) is 5.53. The molecule has 0 aliphatic rings. The van der Waals surface area contributed by atoms with Gasteiger partial charge in [0.05, 0.1) is 6.54 Å². The van der Waals surface area contributed by atoms with Gasteiger partial charge in [0.1, 0.15) is 11.3 Å². The van der Waals surface area contributed by atoms with Crippen LogP contribution in [0.1, 0.15) is 17.5 Å². The number of anilines is 1. The Hall–Kier alpha value is -2.14. The van der Waals surface area contributed by atoms with Gasteiger partial charge in [-0.05, 0) is 51.7 Å². The highest BCUT2D eigenvalue weighted by atomic mass is 15.3. The van der Waals surface area contributed by atoms with E-state index in [1.54, 1.807) is 7.05 Å². The number of aromatic nitrogens is 2. The summed E-state index contributed by atoms with van der Waals surface area (Å²) in [5, 5.41) is 8.06. The number of hydrogen-bond acceptors (Lipinski definition) is 4. The van der Waals surface area contributed by atoms with Gasteiger partial charge in [0.25, 0.3) is 0 Å². The van der Waals surface area contributed by atoms with Gasteiger partial charge in [0.2, 0.25) is 0 Å². The lowest BCUT2D eigenvalue weighted by Gasteiger charge is -2.12. The van der Waals surface area contributed by atoms with Crippen molar-refractivity contribution in [1.82, 2.24) is 14.7 Å². The van der Waals surface area contributed by atoms with E-state index in [0.29, 0.717) is 0 Å². The van der Waals surface area contributed by atoms with Crippen molar-refractivity contribution in [3.63, 3.8) is 0 Å². The predicted octanol–water partition coefficient (Wildman–Crippen LogP) is 2.13. The number of hydrogen-bond donors (Lipinski definition) is 1. The summed E-state index contributed by atoms with van der Waals surface area (Å²) in [5.41, 5.74) is 3.37. The summed E-state index contributed by atoms with van der Waals surface area (Å²) in [6.07, 6.45) is 1.09. The summed E-state index contributed by atoms with van der Waals surface area (Å²) in [6, 6.07) is 12.5. The first-order valence-corrected chi connectivity index (χ1v) is 8.03. The van der Waals surface area contributed by atoms with E-state index in [9.17, 15) is 0 Å². The predicted molar refractivity (Wildman–Crippen MR) is 95.7 cm³/mol. The van der Waals surface area contributed by atoms with Crippen LogP contribution in [-0.2, 0) is 6.54 Å². The summed E-state index contributed by atoms with van der Waals surface area (Å²) in [6.45, 7) is 4.80. The minimum absolute atomic E-state index is 0.722. The maximum atomic E-state index is 4.68. The van der Waals surface area contributed by atoms with Gasteiger partial charge < -0.3 is 10.2 Å². The Bertz CT molecular complexity index is 671. The molecule has 124 valence electrons. The fraction of sp³-hybridized carbons (Fsp3) is 0.444. The van der Waals surface area contributed by atoms with Crippen molar-refractivity contribution in [3.8, 4) is 0 Å². The molecule has 5 nitrogen and oxygen atoms in total. The lowest BCUT2D eigenvalue weighted by atomic mass is 10.1. The molecule has 0 fully saturated rings. The third-order valence-electron chi connectivity index (χ3n) is 3.65. The number of rotatable bonds is 7. The second kappa shape index (κ2) is 8.48. The molecule has 0 saturated heterocycles. The second-order valence-corrected chi connectivity index (χ2v) is 6.03. The van der Waals surface area contributed by atoms with Crippen molar-refractivity contribution in [2.24, 2.45) is 4.99 Å². The van der Waals surface area contributed by atoms with Crippen molar-refractivity contribution in [2.45, 2.75) is 19.9 Å². The van der Waals surface area contributed by atoms with Crippen molar-refractivity contribution in [1.29, 1.82) is 0 Å². The molecule has 1 aromatic heterocycles. The van der Waals surface area contributed by atoms with E-state index in [0.717, 1.165) is 37.4 Å². The minimum atomic E-state index is 0.722. The number of benzene rings is 1. The van der Waals surface area contributed by atoms with Crippen molar-refractivity contribution < 1.29 is 0 Å². The molecular formula is C18H27N5. The molecule has 0 saturated carbocycles. The van der Waals surface area contributed by atoms with Crippen LogP contribution in [0.3, 0.4) is 0 Å². The number of nitrogens with one attached hydrogen (secondary N) is 1. The zero-order valence-electron chi connectivity index (χ0n) is 14.6. The SMILES string of the molecule is CN=c1ccc(NCCCN(C)C)nn1Cc1ccc(C)cc1. The van der Waals surface area contributed by atoms with Crippen LogP contribution >= 0.6 is 0 Å². The van der Waals surface area contributed by atoms with Gasteiger partial charge in [-0.15, -0.1) is 0 Å². The zero-order valence-corrected chi connectivity index (χ0v) is 14.6. The van der Waals surface area contributed by atoms with E-state index >= 15 is 0 Å². The van der Waals surface area contributed by atoms with Gasteiger partial charge >= 0.3 is 0 Å². The van der Waals surface area contributed by atoms with Crippen LogP contribution in [0, 0.1) is 6.92 Å². The van der Waals surface area contributed by atoms with Crippen LogP contribution < -0.4 is 10.8 Å². The monoisotopic (exact) mass is 313 g/mol. The maximum absolute atomic E-state index is 4.68. The molecule has 2 rings (SSSR count).